The summed E-state index contributed by atoms with van der Waals surface area (Å²) >= 11 is 8.12. The number of hydrogen-bond donors (Lipinski definition) is 0. The molecule has 0 amide bonds. The highest BCUT2D eigenvalue weighted by Gasteiger charge is 2.27. The minimum absolute atomic E-state index is 0.364. The lowest BCUT2D eigenvalue weighted by atomic mass is 9.80. The Balaban J connectivity index is 1.98. The molecule has 0 spiro atoms. The van der Waals surface area contributed by atoms with E-state index in [0.717, 1.165) is 12.3 Å². The van der Waals surface area contributed by atoms with Gasteiger partial charge in [-0.05, 0) is 44.4 Å². The fraction of sp³-hybridized carbons (Fsp3) is 0.750. The number of alkyl halides is 1. The fourth-order valence-electron chi connectivity index (χ4n) is 2.44. The van der Waals surface area contributed by atoms with E-state index >= 15 is 0 Å². The van der Waals surface area contributed by atoms with Gasteiger partial charge in [-0.2, -0.15) is 0 Å². The number of halogens is 1. The molecule has 1 saturated carbocycles. The summed E-state index contributed by atoms with van der Waals surface area (Å²) in [5.74, 6) is 1.47. The number of hydrogen-bond acceptors (Lipinski definition) is 2. The van der Waals surface area contributed by atoms with Crippen molar-refractivity contribution < 1.29 is 0 Å². The van der Waals surface area contributed by atoms with Crippen molar-refractivity contribution in [3.05, 3.63) is 16.1 Å². The Labute approximate surface area is 101 Å². The summed E-state index contributed by atoms with van der Waals surface area (Å²) in [7, 11) is 0. The Morgan fingerprint density at radius 1 is 1.53 bits per heavy atom. The van der Waals surface area contributed by atoms with Crippen LogP contribution >= 0.6 is 22.9 Å². The quantitative estimate of drug-likeness (QED) is 0.715. The van der Waals surface area contributed by atoms with Gasteiger partial charge in [0.05, 0.1) is 10.7 Å². The largest absolute Gasteiger partial charge is 0.247 e. The normalized spacial score (nSPS) is 31.8. The van der Waals surface area contributed by atoms with Gasteiger partial charge in [-0.25, -0.2) is 4.98 Å². The molecule has 1 aliphatic carbocycles. The third kappa shape index (κ3) is 2.94. The van der Waals surface area contributed by atoms with Crippen molar-refractivity contribution >= 4 is 22.9 Å². The van der Waals surface area contributed by atoms with E-state index in [1.54, 1.807) is 11.3 Å². The second kappa shape index (κ2) is 4.84. The molecule has 0 aromatic carbocycles. The van der Waals surface area contributed by atoms with E-state index in [9.17, 15) is 0 Å². The van der Waals surface area contributed by atoms with Crippen molar-refractivity contribution in [1.82, 2.24) is 4.98 Å². The molecule has 1 aromatic rings. The van der Waals surface area contributed by atoms with Crippen LogP contribution < -0.4 is 0 Å². The number of aryl methyl sites for hydroxylation is 1. The highest BCUT2D eigenvalue weighted by Crippen LogP contribution is 2.34. The number of nitrogens with zero attached hydrogens (tertiary/aromatic N) is 1. The molecule has 84 valence electrons. The second-order valence-electron chi connectivity index (χ2n) is 4.76. The first-order valence-electron chi connectivity index (χ1n) is 5.70. The maximum absolute atomic E-state index is 6.38. The van der Waals surface area contributed by atoms with E-state index in [2.05, 4.69) is 24.2 Å². The van der Waals surface area contributed by atoms with Gasteiger partial charge in [0.1, 0.15) is 0 Å². The summed E-state index contributed by atoms with van der Waals surface area (Å²) in [6.07, 6.45) is 4.81. The van der Waals surface area contributed by atoms with E-state index in [0.29, 0.717) is 11.3 Å². The Morgan fingerprint density at radius 3 is 3.00 bits per heavy atom. The van der Waals surface area contributed by atoms with Crippen LogP contribution in [0.1, 0.15) is 36.9 Å². The average molecular weight is 244 g/mol. The van der Waals surface area contributed by atoms with Crippen LogP contribution in [0, 0.1) is 18.8 Å². The molecule has 15 heavy (non-hydrogen) atoms. The topological polar surface area (TPSA) is 12.9 Å². The predicted octanol–water partition coefficient (Wildman–Crippen LogP) is 4.04. The van der Waals surface area contributed by atoms with E-state index < -0.39 is 0 Å². The monoisotopic (exact) mass is 243 g/mol. The van der Waals surface area contributed by atoms with Gasteiger partial charge in [0.25, 0.3) is 0 Å². The summed E-state index contributed by atoms with van der Waals surface area (Å²) in [5.41, 5.74) is 1.24. The van der Waals surface area contributed by atoms with E-state index in [-0.39, 0.29) is 0 Å². The fourth-order valence-corrected chi connectivity index (χ4v) is 3.39. The SMILES string of the molecule is Cc1nc(CC2CC(C)CCC2Cl)cs1. The van der Waals surface area contributed by atoms with Crippen LogP contribution in [0.2, 0.25) is 0 Å². The number of rotatable bonds is 2. The molecule has 3 heteroatoms. The molecule has 1 aliphatic rings. The van der Waals surface area contributed by atoms with Crippen LogP contribution in [-0.4, -0.2) is 10.4 Å². The second-order valence-corrected chi connectivity index (χ2v) is 6.38. The van der Waals surface area contributed by atoms with Crippen LogP contribution in [0.4, 0.5) is 0 Å². The molecule has 1 fully saturated rings. The van der Waals surface area contributed by atoms with Crippen molar-refractivity contribution in [3.8, 4) is 0 Å². The molecule has 2 rings (SSSR count). The Bertz CT molecular complexity index is 323. The highest BCUT2D eigenvalue weighted by molar-refractivity contribution is 7.09. The van der Waals surface area contributed by atoms with Gasteiger partial charge in [-0.3, -0.25) is 0 Å². The molecular weight excluding hydrogens is 226 g/mol. The van der Waals surface area contributed by atoms with E-state index in [1.807, 2.05) is 0 Å². The maximum atomic E-state index is 6.38. The molecular formula is C12H18ClNS. The standard InChI is InChI=1S/C12H18ClNS/c1-8-3-4-12(13)10(5-8)6-11-7-15-9(2)14-11/h7-8,10,12H,3-6H2,1-2H3. The van der Waals surface area contributed by atoms with Crippen molar-refractivity contribution in [1.29, 1.82) is 0 Å². The third-order valence-corrected chi connectivity index (χ3v) is 4.69. The Morgan fingerprint density at radius 2 is 2.33 bits per heavy atom. The molecule has 3 atom stereocenters. The Kier molecular flexibility index (Phi) is 3.68. The molecule has 1 nitrogen and oxygen atoms in total. The molecule has 0 N–H and O–H groups in total. The van der Waals surface area contributed by atoms with Gasteiger partial charge in [0, 0.05) is 10.8 Å². The predicted molar refractivity (Wildman–Crippen MR) is 66.7 cm³/mol. The lowest BCUT2D eigenvalue weighted by molar-refractivity contribution is 0.286. The molecule has 0 radical (unpaired) electrons. The van der Waals surface area contributed by atoms with E-state index in [4.69, 9.17) is 11.6 Å². The van der Waals surface area contributed by atoms with Crippen LogP contribution in [0.3, 0.4) is 0 Å². The van der Waals surface area contributed by atoms with Gasteiger partial charge in [-0.15, -0.1) is 22.9 Å². The van der Waals surface area contributed by atoms with Crippen LogP contribution in [0.15, 0.2) is 5.38 Å². The van der Waals surface area contributed by atoms with Gasteiger partial charge < -0.3 is 0 Å². The van der Waals surface area contributed by atoms with Crippen molar-refractivity contribution in [3.63, 3.8) is 0 Å². The molecule has 0 saturated heterocycles. The number of aromatic nitrogens is 1. The minimum atomic E-state index is 0.364. The Hall–Kier alpha value is -0.0800. The first kappa shape index (κ1) is 11.4. The summed E-state index contributed by atoms with van der Waals surface area (Å²) in [6.45, 7) is 4.40. The minimum Gasteiger partial charge on any atom is -0.247 e. The van der Waals surface area contributed by atoms with Gasteiger partial charge in [-0.1, -0.05) is 6.92 Å². The van der Waals surface area contributed by atoms with Crippen LogP contribution in [-0.2, 0) is 6.42 Å². The first-order chi connectivity index (χ1) is 7.15. The highest BCUT2D eigenvalue weighted by atomic mass is 35.5. The number of thiazole rings is 1. The molecule has 3 unspecified atom stereocenters. The molecule has 1 heterocycles. The van der Waals surface area contributed by atoms with Crippen molar-refractivity contribution in [2.24, 2.45) is 11.8 Å². The first-order valence-corrected chi connectivity index (χ1v) is 7.02. The van der Waals surface area contributed by atoms with E-state index in [1.165, 1.54) is 30.0 Å². The maximum Gasteiger partial charge on any atom is 0.0897 e. The summed E-state index contributed by atoms with van der Waals surface area (Å²) in [4.78, 5) is 4.52. The van der Waals surface area contributed by atoms with Gasteiger partial charge >= 0.3 is 0 Å². The van der Waals surface area contributed by atoms with Gasteiger partial charge in [0.2, 0.25) is 0 Å². The summed E-state index contributed by atoms with van der Waals surface area (Å²) in [6, 6.07) is 0. The summed E-state index contributed by atoms with van der Waals surface area (Å²) in [5, 5.41) is 3.71. The van der Waals surface area contributed by atoms with Gasteiger partial charge in [0.15, 0.2) is 0 Å². The summed E-state index contributed by atoms with van der Waals surface area (Å²) < 4.78 is 0. The van der Waals surface area contributed by atoms with Crippen molar-refractivity contribution in [2.45, 2.75) is 44.9 Å². The zero-order valence-corrected chi connectivity index (χ0v) is 10.9. The molecule has 0 bridgehead atoms. The molecule has 0 aliphatic heterocycles. The average Bonchev–Trinajstić information content (AvgIpc) is 2.58. The van der Waals surface area contributed by atoms with Crippen LogP contribution in [0.5, 0.6) is 0 Å². The zero-order chi connectivity index (χ0) is 10.8. The lowest BCUT2D eigenvalue weighted by Crippen LogP contribution is -2.26. The van der Waals surface area contributed by atoms with Crippen molar-refractivity contribution in [2.75, 3.05) is 0 Å². The van der Waals surface area contributed by atoms with Crippen LogP contribution in [0.25, 0.3) is 0 Å². The zero-order valence-electron chi connectivity index (χ0n) is 9.37. The third-order valence-electron chi connectivity index (χ3n) is 3.29. The lowest BCUT2D eigenvalue weighted by Gasteiger charge is -2.30. The smallest absolute Gasteiger partial charge is 0.0897 e. The molecule has 1 aromatic heterocycles.